The highest BCUT2D eigenvalue weighted by molar-refractivity contribution is 5.71. The number of pyridine rings is 1. The molecule has 0 spiro atoms. The van der Waals surface area contributed by atoms with Gasteiger partial charge in [0.15, 0.2) is 0 Å². The zero-order valence-electron chi connectivity index (χ0n) is 14.0. The summed E-state index contributed by atoms with van der Waals surface area (Å²) >= 11 is 0. The average Bonchev–Trinajstić information content (AvgIpc) is 2.38. The van der Waals surface area contributed by atoms with Crippen LogP contribution in [0.1, 0.15) is 38.4 Å². The minimum Gasteiger partial charge on any atom is -0.481 e. The van der Waals surface area contributed by atoms with Crippen LogP contribution in [0, 0.1) is 6.92 Å². The molecule has 0 aliphatic heterocycles. The molecule has 0 bridgehead atoms. The molecular formula is C16H24N2O5. The normalized spacial score (nSPS) is 12.5. The van der Waals surface area contributed by atoms with Gasteiger partial charge >= 0.3 is 12.1 Å². The van der Waals surface area contributed by atoms with Crippen LogP contribution in [0.5, 0.6) is 0 Å². The van der Waals surface area contributed by atoms with Crippen LogP contribution < -0.4 is 5.32 Å². The van der Waals surface area contributed by atoms with Crippen LogP contribution in [0.4, 0.5) is 4.79 Å². The molecule has 1 unspecified atom stereocenters. The lowest BCUT2D eigenvalue weighted by Gasteiger charge is -2.23. The van der Waals surface area contributed by atoms with Gasteiger partial charge in [-0.15, -0.1) is 0 Å². The second kappa shape index (κ2) is 8.47. The summed E-state index contributed by atoms with van der Waals surface area (Å²) in [5.74, 6) is -1.02. The van der Waals surface area contributed by atoms with Crippen molar-refractivity contribution in [2.45, 2.75) is 52.4 Å². The maximum atomic E-state index is 11.7. The molecule has 1 aromatic rings. The summed E-state index contributed by atoms with van der Waals surface area (Å²) in [6.07, 6.45) is 0.790. The van der Waals surface area contributed by atoms with Crippen molar-refractivity contribution in [3.8, 4) is 0 Å². The van der Waals surface area contributed by atoms with Crippen molar-refractivity contribution in [3.63, 3.8) is 0 Å². The second-order valence-electron chi connectivity index (χ2n) is 6.26. The van der Waals surface area contributed by atoms with Crippen molar-refractivity contribution in [1.82, 2.24) is 10.3 Å². The fourth-order valence-electron chi connectivity index (χ4n) is 1.74. The number of aliphatic carboxylic acids is 1. The SMILES string of the molecule is Cc1ccc(COCC(CC(=O)O)NC(=O)OC(C)(C)C)cn1. The van der Waals surface area contributed by atoms with Crippen LogP contribution in [-0.2, 0) is 20.9 Å². The molecule has 1 aromatic heterocycles. The Bertz CT molecular complexity index is 522. The molecule has 0 saturated carbocycles. The van der Waals surface area contributed by atoms with Crippen LogP contribution in [-0.4, -0.2) is 40.4 Å². The van der Waals surface area contributed by atoms with E-state index in [0.29, 0.717) is 6.61 Å². The molecular weight excluding hydrogens is 300 g/mol. The van der Waals surface area contributed by atoms with Gasteiger partial charge in [0.25, 0.3) is 0 Å². The van der Waals surface area contributed by atoms with Crippen LogP contribution in [0.3, 0.4) is 0 Å². The molecule has 7 nitrogen and oxygen atoms in total. The number of nitrogens with one attached hydrogen (secondary N) is 1. The highest BCUT2D eigenvalue weighted by Gasteiger charge is 2.21. The number of alkyl carbamates (subject to hydrolysis) is 1. The number of carbonyl (C=O) groups is 2. The average molecular weight is 324 g/mol. The summed E-state index contributed by atoms with van der Waals surface area (Å²) < 4.78 is 10.6. The van der Waals surface area contributed by atoms with Crippen LogP contribution >= 0.6 is 0 Å². The van der Waals surface area contributed by atoms with E-state index >= 15 is 0 Å². The lowest BCUT2D eigenvalue weighted by Crippen LogP contribution is -2.42. The third-order valence-electron chi connectivity index (χ3n) is 2.70. The van der Waals surface area contributed by atoms with Crippen molar-refractivity contribution in [2.75, 3.05) is 6.61 Å². The summed E-state index contributed by atoms with van der Waals surface area (Å²) in [6, 6.07) is 3.09. The van der Waals surface area contributed by atoms with Gasteiger partial charge in [-0.1, -0.05) is 6.07 Å². The van der Waals surface area contributed by atoms with E-state index in [2.05, 4.69) is 10.3 Å². The van der Waals surface area contributed by atoms with Gasteiger partial charge in [-0.3, -0.25) is 9.78 Å². The number of carboxylic acid groups (broad SMARTS) is 1. The van der Waals surface area contributed by atoms with E-state index in [4.69, 9.17) is 14.6 Å². The van der Waals surface area contributed by atoms with Gasteiger partial charge < -0.3 is 19.9 Å². The summed E-state index contributed by atoms with van der Waals surface area (Å²) in [4.78, 5) is 26.8. The first-order chi connectivity index (χ1) is 10.7. The summed E-state index contributed by atoms with van der Waals surface area (Å²) in [7, 11) is 0. The second-order valence-corrected chi connectivity index (χ2v) is 6.26. The topological polar surface area (TPSA) is 97.8 Å². The van der Waals surface area contributed by atoms with Crippen molar-refractivity contribution in [3.05, 3.63) is 29.6 Å². The zero-order valence-corrected chi connectivity index (χ0v) is 14.0. The first-order valence-electron chi connectivity index (χ1n) is 7.36. The molecule has 0 radical (unpaired) electrons. The van der Waals surface area contributed by atoms with Gasteiger partial charge in [0.05, 0.1) is 25.7 Å². The highest BCUT2D eigenvalue weighted by Crippen LogP contribution is 2.08. The van der Waals surface area contributed by atoms with E-state index in [1.54, 1.807) is 27.0 Å². The Morgan fingerprint density at radius 1 is 1.35 bits per heavy atom. The Hall–Kier alpha value is -2.15. The fraction of sp³-hybridized carbons (Fsp3) is 0.562. The molecule has 0 aliphatic carbocycles. The molecule has 7 heteroatoms. The van der Waals surface area contributed by atoms with Gasteiger partial charge in [0.2, 0.25) is 0 Å². The summed E-state index contributed by atoms with van der Waals surface area (Å²) in [5.41, 5.74) is 1.14. The Balaban J connectivity index is 2.49. The number of aryl methyl sites for hydroxylation is 1. The quantitative estimate of drug-likeness (QED) is 0.798. The number of amides is 1. The predicted octanol–water partition coefficient (Wildman–Crippen LogP) is 2.27. The van der Waals surface area contributed by atoms with Crippen LogP contribution in [0.15, 0.2) is 18.3 Å². The summed E-state index contributed by atoms with van der Waals surface area (Å²) in [6.45, 7) is 7.45. The molecule has 0 aliphatic rings. The Morgan fingerprint density at radius 2 is 2.04 bits per heavy atom. The molecule has 1 rings (SSSR count). The van der Waals surface area contributed by atoms with Crippen molar-refractivity contribution in [1.29, 1.82) is 0 Å². The van der Waals surface area contributed by atoms with Gasteiger partial charge in [0, 0.05) is 11.9 Å². The molecule has 0 saturated heterocycles. The third-order valence-corrected chi connectivity index (χ3v) is 2.70. The van der Waals surface area contributed by atoms with Crippen molar-refractivity contribution in [2.24, 2.45) is 0 Å². The third kappa shape index (κ3) is 8.77. The van der Waals surface area contributed by atoms with Crippen LogP contribution in [0.25, 0.3) is 0 Å². The smallest absolute Gasteiger partial charge is 0.407 e. The molecule has 1 atom stereocenters. The number of nitrogens with zero attached hydrogens (tertiary/aromatic N) is 1. The fourth-order valence-corrected chi connectivity index (χ4v) is 1.74. The monoisotopic (exact) mass is 324 g/mol. The van der Waals surface area contributed by atoms with Gasteiger partial charge in [0.1, 0.15) is 5.60 Å². The molecule has 1 heterocycles. The number of aromatic nitrogens is 1. The standard InChI is InChI=1S/C16H24N2O5/c1-11-5-6-12(8-17-11)9-22-10-13(7-14(19)20)18-15(21)23-16(2,3)4/h5-6,8,13H,7,9-10H2,1-4H3,(H,18,21)(H,19,20). The minimum absolute atomic E-state index is 0.0689. The molecule has 1 amide bonds. The lowest BCUT2D eigenvalue weighted by molar-refractivity contribution is -0.137. The van der Waals surface area contributed by atoms with E-state index < -0.39 is 23.7 Å². The van der Waals surface area contributed by atoms with E-state index in [9.17, 15) is 9.59 Å². The number of carbonyl (C=O) groups excluding carboxylic acids is 1. The number of rotatable bonds is 7. The van der Waals surface area contributed by atoms with Crippen LogP contribution in [0.2, 0.25) is 0 Å². The molecule has 128 valence electrons. The Kier molecular flexibility index (Phi) is 6.96. The largest absolute Gasteiger partial charge is 0.481 e. The van der Waals surface area contributed by atoms with Gasteiger partial charge in [-0.2, -0.15) is 0 Å². The molecule has 2 N–H and O–H groups in total. The van der Waals surface area contributed by atoms with Crippen molar-refractivity contribution >= 4 is 12.1 Å². The van der Waals surface area contributed by atoms with E-state index in [1.807, 2.05) is 19.1 Å². The van der Waals surface area contributed by atoms with E-state index in [1.165, 1.54) is 0 Å². The number of carboxylic acids is 1. The maximum Gasteiger partial charge on any atom is 0.407 e. The maximum absolute atomic E-state index is 11.7. The Morgan fingerprint density at radius 3 is 2.57 bits per heavy atom. The zero-order chi connectivity index (χ0) is 17.5. The predicted molar refractivity (Wildman–Crippen MR) is 84.0 cm³/mol. The molecule has 0 fully saturated rings. The van der Waals surface area contributed by atoms with Crippen molar-refractivity contribution < 1.29 is 24.2 Å². The molecule has 23 heavy (non-hydrogen) atoms. The van der Waals surface area contributed by atoms with Gasteiger partial charge in [-0.05, 0) is 39.3 Å². The first-order valence-corrected chi connectivity index (χ1v) is 7.36. The lowest BCUT2D eigenvalue weighted by atomic mass is 10.2. The van der Waals surface area contributed by atoms with E-state index in [0.717, 1.165) is 11.3 Å². The summed E-state index contributed by atoms with van der Waals surface area (Å²) in [5, 5.41) is 11.4. The minimum atomic E-state index is -1.02. The Labute approximate surface area is 136 Å². The first kappa shape index (κ1) is 18.9. The van der Waals surface area contributed by atoms with Gasteiger partial charge in [-0.25, -0.2) is 4.79 Å². The van der Waals surface area contributed by atoms with E-state index in [-0.39, 0.29) is 13.0 Å². The molecule has 0 aromatic carbocycles. The number of ether oxygens (including phenoxy) is 2. The highest BCUT2D eigenvalue weighted by atomic mass is 16.6. The number of hydrogen-bond acceptors (Lipinski definition) is 5. The number of hydrogen-bond donors (Lipinski definition) is 2.